The molecule has 3 aromatic rings. The van der Waals surface area contributed by atoms with E-state index in [1.165, 1.54) is 39.5 Å². The van der Waals surface area contributed by atoms with Gasteiger partial charge in [0.05, 0.1) is 67.3 Å². The quantitative estimate of drug-likeness (QED) is 0.0772. The number of aryl methyl sites for hydroxylation is 2. The Kier molecular flexibility index (Phi) is 13.4. The summed E-state index contributed by atoms with van der Waals surface area (Å²) in [6, 6.07) is 17.2. The molecule has 0 radical (unpaired) electrons. The number of esters is 2. The molecule has 3 aliphatic heterocycles. The topological polar surface area (TPSA) is 98.8 Å². The molecule has 3 heterocycles. The Bertz CT molecular complexity index is 1840. The van der Waals surface area contributed by atoms with Crippen LogP contribution in [-0.4, -0.2) is 115 Å². The molecule has 1 saturated heterocycles. The van der Waals surface area contributed by atoms with Crippen molar-refractivity contribution in [2.45, 2.75) is 52.1 Å². The number of hydrogen-bond acceptors (Lipinski definition) is 9. The van der Waals surface area contributed by atoms with Gasteiger partial charge in [-0.3, -0.25) is 0 Å². The first-order chi connectivity index (χ1) is 26.6. The zero-order valence-electron chi connectivity index (χ0n) is 33.2. The minimum Gasteiger partial charge on any atom is -0.493 e. The molecule has 3 aromatic carbocycles. The Morgan fingerprint density at radius 1 is 0.745 bits per heavy atom. The minimum absolute atomic E-state index is 0.222. The average molecular weight is 759 g/mol. The molecule has 296 valence electrons. The lowest BCUT2D eigenvalue weighted by Crippen LogP contribution is -2.55. The Morgan fingerprint density at radius 2 is 1.40 bits per heavy atom. The lowest BCUT2D eigenvalue weighted by atomic mass is 9.84. The zero-order chi connectivity index (χ0) is 38.8. The molecule has 0 aromatic heterocycles. The SMILES string of the molecule is COc1ccc(C[C@@H]2c3cc(C)c(C)cc3CC[N@@+]2(C)CCCOC(=O)/C=C\C(=O)OCCC[N+]2(Cc3ccc4c(c3)OCCO4)CCOCC2)cc1OC. The van der Waals surface area contributed by atoms with Gasteiger partial charge in [-0.15, -0.1) is 0 Å². The van der Waals surface area contributed by atoms with Crippen LogP contribution in [-0.2, 0) is 43.2 Å². The Balaban J connectivity index is 0.971. The maximum Gasteiger partial charge on any atom is 0.331 e. The predicted octanol–water partition coefficient (Wildman–Crippen LogP) is 5.85. The van der Waals surface area contributed by atoms with Crippen molar-refractivity contribution in [1.29, 1.82) is 0 Å². The van der Waals surface area contributed by atoms with Gasteiger partial charge in [0.25, 0.3) is 0 Å². The van der Waals surface area contributed by atoms with Gasteiger partial charge in [0.15, 0.2) is 23.0 Å². The molecule has 11 nitrogen and oxygen atoms in total. The molecule has 0 saturated carbocycles. The highest BCUT2D eigenvalue weighted by molar-refractivity contribution is 5.91. The van der Waals surface area contributed by atoms with Crippen molar-refractivity contribution in [1.82, 2.24) is 0 Å². The normalized spacial score (nSPS) is 20.1. The number of fused-ring (bicyclic) bond motifs is 2. The summed E-state index contributed by atoms with van der Waals surface area (Å²) >= 11 is 0. The van der Waals surface area contributed by atoms with Gasteiger partial charge < -0.3 is 42.1 Å². The second-order valence-corrected chi connectivity index (χ2v) is 15.4. The lowest BCUT2D eigenvalue weighted by molar-refractivity contribution is -0.947. The van der Waals surface area contributed by atoms with Crippen LogP contribution in [0.5, 0.6) is 23.0 Å². The van der Waals surface area contributed by atoms with Gasteiger partial charge in [-0.1, -0.05) is 12.1 Å². The molecule has 0 N–H and O–H groups in total. The molecule has 6 rings (SSSR count). The van der Waals surface area contributed by atoms with Crippen LogP contribution in [0.1, 0.15) is 52.3 Å². The second-order valence-electron chi connectivity index (χ2n) is 15.4. The summed E-state index contributed by atoms with van der Waals surface area (Å²) < 4.78 is 41.0. The summed E-state index contributed by atoms with van der Waals surface area (Å²) in [6.45, 7) is 12.7. The summed E-state index contributed by atoms with van der Waals surface area (Å²) in [5.74, 6) is 1.92. The van der Waals surface area contributed by atoms with Crippen molar-refractivity contribution in [3.63, 3.8) is 0 Å². The Hall–Kier alpha value is -4.58. The molecule has 0 unspecified atom stereocenters. The minimum atomic E-state index is -0.550. The number of carbonyl (C=O) groups excluding carboxylic acids is 2. The van der Waals surface area contributed by atoms with E-state index in [1.54, 1.807) is 14.2 Å². The standard InChI is InChI=1S/C44H58N2O9/c1-32-26-36-14-17-45(3,38(37(36)27-33(32)2)28-34-8-10-39(49-4)41(29-34)50-5)15-6-20-54-43(47)12-13-44(48)55-21-7-16-46(18-22-51-23-19-46)31-35-9-11-40-42(30-35)53-25-24-52-40/h8-13,26-27,29-30,38H,6-7,14-25,28,31H2,1-5H3/q+2/b13-12-/t38-,45-/m1/s1. The van der Waals surface area contributed by atoms with Crippen LogP contribution in [0, 0.1) is 13.8 Å². The lowest BCUT2D eigenvalue weighted by Gasteiger charge is -2.46. The van der Waals surface area contributed by atoms with Gasteiger partial charge in [0.1, 0.15) is 38.9 Å². The molecule has 0 bridgehead atoms. The van der Waals surface area contributed by atoms with Crippen molar-refractivity contribution in [3.8, 4) is 23.0 Å². The Labute approximate surface area is 325 Å². The van der Waals surface area contributed by atoms with Crippen molar-refractivity contribution in [3.05, 3.63) is 94.1 Å². The molecule has 3 aliphatic rings. The maximum atomic E-state index is 12.6. The van der Waals surface area contributed by atoms with Crippen LogP contribution in [0.15, 0.2) is 60.7 Å². The summed E-state index contributed by atoms with van der Waals surface area (Å²) in [4.78, 5) is 25.1. The summed E-state index contributed by atoms with van der Waals surface area (Å²) in [5.41, 5.74) is 7.76. The molecule has 0 amide bonds. The van der Waals surface area contributed by atoms with Gasteiger partial charge in [-0.2, -0.15) is 0 Å². The van der Waals surface area contributed by atoms with Crippen LogP contribution < -0.4 is 18.9 Å². The number of ether oxygens (including phenoxy) is 7. The van der Waals surface area contributed by atoms with Crippen LogP contribution >= 0.6 is 0 Å². The van der Waals surface area contributed by atoms with E-state index in [4.69, 9.17) is 33.2 Å². The van der Waals surface area contributed by atoms with Crippen LogP contribution in [0.3, 0.4) is 0 Å². The van der Waals surface area contributed by atoms with Crippen molar-refractivity contribution < 1.29 is 51.7 Å². The number of nitrogens with zero attached hydrogens (tertiary/aromatic N) is 2. The molecule has 0 aliphatic carbocycles. The fourth-order valence-electron chi connectivity index (χ4n) is 8.29. The van der Waals surface area contributed by atoms with Gasteiger partial charge >= 0.3 is 11.9 Å². The largest absolute Gasteiger partial charge is 0.493 e. The number of methoxy groups -OCH3 is 2. The van der Waals surface area contributed by atoms with E-state index in [0.717, 1.165) is 84.4 Å². The first-order valence-corrected chi connectivity index (χ1v) is 19.6. The van der Waals surface area contributed by atoms with Crippen LogP contribution in [0.4, 0.5) is 0 Å². The fourth-order valence-corrected chi connectivity index (χ4v) is 8.29. The van der Waals surface area contributed by atoms with Crippen molar-refractivity contribution in [2.24, 2.45) is 0 Å². The number of likely N-dealkylation sites (N-methyl/N-ethyl adjacent to an activating group) is 1. The monoisotopic (exact) mass is 758 g/mol. The molecular formula is C44H58N2O9+2. The molecular weight excluding hydrogens is 700 g/mol. The van der Waals surface area contributed by atoms with Crippen molar-refractivity contribution >= 4 is 11.9 Å². The second kappa shape index (κ2) is 18.4. The third-order valence-corrected chi connectivity index (χ3v) is 11.6. The first kappa shape index (κ1) is 40.1. The average Bonchev–Trinajstić information content (AvgIpc) is 3.19. The van der Waals surface area contributed by atoms with E-state index in [2.05, 4.69) is 57.3 Å². The third-order valence-electron chi connectivity index (χ3n) is 11.6. The van der Waals surface area contributed by atoms with E-state index in [9.17, 15) is 9.59 Å². The summed E-state index contributed by atoms with van der Waals surface area (Å²) in [7, 11) is 5.62. The molecule has 1 fully saturated rings. The number of hydrogen-bond donors (Lipinski definition) is 0. The van der Waals surface area contributed by atoms with Crippen molar-refractivity contribution in [2.75, 3.05) is 93.6 Å². The van der Waals surface area contributed by atoms with Crippen LogP contribution in [0.2, 0.25) is 0 Å². The van der Waals surface area contributed by atoms with Gasteiger partial charge in [0.2, 0.25) is 0 Å². The fraction of sp³-hybridized carbons (Fsp3) is 0.500. The molecule has 0 spiro atoms. The highest BCUT2D eigenvalue weighted by Crippen LogP contribution is 2.40. The summed E-state index contributed by atoms with van der Waals surface area (Å²) in [5, 5.41) is 0. The highest BCUT2D eigenvalue weighted by atomic mass is 16.6. The van der Waals surface area contributed by atoms with Crippen LogP contribution in [0.25, 0.3) is 0 Å². The molecule has 11 heteroatoms. The molecule has 2 atom stereocenters. The zero-order valence-corrected chi connectivity index (χ0v) is 33.2. The number of quaternary nitrogens is 2. The smallest absolute Gasteiger partial charge is 0.331 e. The van der Waals surface area contributed by atoms with E-state index in [1.807, 2.05) is 12.1 Å². The first-order valence-electron chi connectivity index (χ1n) is 19.6. The van der Waals surface area contributed by atoms with E-state index < -0.39 is 11.9 Å². The van der Waals surface area contributed by atoms with E-state index in [-0.39, 0.29) is 19.3 Å². The van der Waals surface area contributed by atoms with Gasteiger partial charge in [-0.25, -0.2) is 9.59 Å². The summed E-state index contributed by atoms with van der Waals surface area (Å²) in [6.07, 6.45) is 5.55. The van der Waals surface area contributed by atoms with E-state index in [0.29, 0.717) is 45.0 Å². The Morgan fingerprint density at radius 3 is 2.11 bits per heavy atom. The third kappa shape index (κ3) is 10.2. The number of benzene rings is 3. The predicted molar refractivity (Wildman–Crippen MR) is 209 cm³/mol. The van der Waals surface area contributed by atoms with E-state index >= 15 is 0 Å². The molecule has 55 heavy (non-hydrogen) atoms. The highest BCUT2D eigenvalue weighted by Gasteiger charge is 2.39. The number of morpholine rings is 1. The number of rotatable bonds is 16. The van der Waals surface area contributed by atoms with Gasteiger partial charge in [0, 0.05) is 49.0 Å². The number of carbonyl (C=O) groups is 2. The van der Waals surface area contributed by atoms with Gasteiger partial charge in [-0.05, 0) is 72.5 Å². The maximum absolute atomic E-state index is 12.6.